The number of benzene rings is 1. The molecule has 4 nitrogen and oxygen atoms in total. The lowest BCUT2D eigenvalue weighted by molar-refractivity contribution is -0.141. The molecule has 1 N–H and O–H groups in total. The molecule has 5 rings (SSSR count). The minimum atomic E-state index is -4.44. The summed E-state index contributed by atoms with van der Waals surface area (Å²) in [6, 6.07) is 7.83. The number of aromatic nitrogens is 1. The molecule has 1 saturated carbocycles. The largest absolute Gasteiger partial charge is 0.417 e. The molecular formula is C27H30F3N3O. The third-order valence-corrected chi connectivity index (χ3v) is 7.78. The number of fused-ring (bicyclic) bond motifs is 2. The van der Waals surface area contributed by atoms with Gasteiger partial charge in [0.2, 0.25) is 5.91 Å². The molecule has 2 aliphatic carbocycles. The van der Waals surface area contributed by atoms with Crippen LogP contribution in [0.15, 0.2) is 42.1 Å². The van der Waals surface area contributed by atoms with Crippen LogP contribution in [0.3, 0.4) is 0 Å². The standard InChI is InChI=1S/C27H30F3N3O/c1-17-5-6-19(18(2)10-17)14-31-23-12-21-4-3-8-26(21,13-23)25(34)33-9-7-24-20(16-33)11-22(15-32-24)27(28,29)30/h4-6,10-11,15,23,31H,3,7-9,12-14,16H2,1-2H3. The van der Waals surface area contributed by atoms with Crippen LogP contribution in [0.25, 0.3) is 0 Å². The first-order valence-corrected chi connectivity index (χ1v) is 12.0. The highest BCUT2D eigenvalue weighted by atomic mass is 19.4. The van der Waals surface area contributed by atoms with Crippen molar-refractivity contribution >= 4 is 5.91 Å². The highest BCUT2D eigenvalue weighted by molar-refractivity contribution is 5.87. The third-order valence-electron chi connectivity index (χ3n) is 7.78. The molecule has 1 aliphatic heterocycles. The Labute approximate surface area is 198 Å². The van der Waals surface area contributed by atoms with Crippen molar-refractivity contribution in [3.8, 4) is 0 Å². The van der Waals surface area contributed by atoms with E-state index in [1.54, 1.807) is 4.90 Å². The lowest BCUT2D eigenvalue weighted by atomic mass is 9.80. The molecule has 1 aromatic heterocycles. The first-order chi connectivity index (χ1) is 16.2. The molecule has 2 unspecified atom stereocenters. The zero-order chi connectivity index (χ0) is 24.1. The Bertz CT molecular complexity index is 1160. The number of halogens is 3. The number of rotatable bonds is 4. The van der Waals surface area contributed by atoms with Gasteiger partial charge in [-0.2, -0.15) is 13.2 Å². The lowest BCUT2D eigenvalue weighted by Gasteiger charge is -2.36. The summed E-state index contributed by atoms with van der Waals surface area (Å²) in [4.78, 5) is 19.6. The van der Waals surface area contributed by atoms with E-state index in [1.807, 2.05) is 0 Å². The van der Waals surface area contributed by atoms with Crippen LogP contribution in [-0.2, 0) is 30.5 Å². The van der Waals surface area contributed by atoms with Gasteiger partial charge in [-0.1, -0.05) is 35.4 Å². The lowest BCUT2D eigenvalue weighted by Crippen LogP contribution is -2.45. The number of carbonyl (C=O) groups is 1. The molecule has 2 aromatic rings. The Morgan fingerprint density at radius 3 is 2.85 bits per heavy atom. The van der Waals surface area contributed by atoms with Crippen LogP contribution >= 0.6 is 0 Å². The van der Waals surface area contributed by atoms with Crippen LogP contribution in [0.2, 0.25) is 0 Å². The van der Waals surface area contributed by atoms with E-state index in [9.17, 15) is 18.0 Å². The number of alkyl halides is 3. The van der Waals surface area contributed by atoms with Crippen LogP contribution in [0.1, 0.15) is 59.2 Å². The molecule has 2 heterocycles. The van der Waals surface area contributed by atoms with E-state index in [0.717, 1.165) is 44.5 Å². The molecule has 180 valence electrons. The summed E-state index contributed by atoms with van der Waals surface area (Å²) < 4.78 is 39.5. The normalized spacial score (nSPS) is 24.1. The van der Waals surface area contributed by atoms with Crippen molar-refractivity contribution in [2.75, 3.05) is 6.54 Å². The van der Waals surface area contributed by atoms with Crippen molar-refractivity contribution in [1.29, 1.82) is 0 Å². The van der Waals surface area contributed by atoms with Gasteiger partial charge in [-0.25, -0.2) is 0 Å². The number of nitrogens with zero attached hydrogens (tertiary/aromatic N) is 2. The van der Waals surface area contributed by atoms with Gasteiger partial charge in [0.25, 0.3) is 0 Å². The van der Waals surface area contributed by atoms with Crippen molar-refractivity contribution in [3.63, 3.8) is 0 Å². The Morgan fingerprint density at radius 2 is 2.09 bits per heavy atom. The molecule has 0 spiro atoms. The average molecular weight is 470 g/mol. The third kappa shape index (κ3) is 4.15. The number of allylic oxidation sites excluding steroid dienone is 1. The molecule has 0 radical (unpaired) electrons. The van der Waals surface area contributed by atoms with Crippen LogP contribution in [0.5, 0.6) is 0 Å². The fourth-order valence-electron chi connectivity index (χ4n) is 5.95. The van der Waals surface area contributed by atoms with E-state index in [0.29, 0.717) is 24.2 Å². The second kappa shape index (κ2) is 8.52. The Balaban J connectivity index is 1.30. The zero-order valence-corrected chi connectivity index (χ0v) is 19.6. The molecule has 3 aliphatic rings. The van der Waals surface area contributed by atoms with Crippen LogP contribution in [0.4, 0.5) is 13.2 Å². The van der Waals surface area contributed by atoms with Crippen molar-refractivity contribution in [3.05, 3.63) is 75.6 Å². The highest BCUT2D eigenvalue weighted by Gasteiger charge is 2.52. The van der Waals surface area contributed by atoms with Gasteiger partial charge in [0, 0.05) is 44.0 Å². The summed E-state index contributed by atoms with van der Waals surface area (Å²) in [6.45, 7) is 5.66. The molecule has 7 heteroatoms. The summed E-state index contributed by atoms with van der Waals surface area (Å²) in [5, 5.41) is 3.66. The van der Waals surface area contributed by atoms with Gasteiger partial charge in [-0.05, 0) is 62.3 Å². The molecular weight excluding hydrogens is 439 g/mol. The molecule has 1 aromatic carbocycles. The minimum Gasteiger partial charge on any atom is -0.337 e. The van der Waals surface area contributed by atoms with Crippen LogP contribution in [0, 0.1) is 19.3 Å². The summed E-state index contributed by atoms with van der Waals surface area (Å²) in [7, 11) is 0. The molecule has 0 saturated heterocycles. The molecule has 1 amide bonds. The highest BCUT2D eigenvalue weighted by Crippen LogP contribution is 2.52. The number of amides is 1. The summed E-state index contributed by atoms with van der Waals surface area (Å²) >= 11 is 0. The van der Waals surface area contributed by atoms with Gasteiger partial charge in [-0.3, -0.25) is 9.78 Å². The van der Waals surface area contributed by atoms with E-state index in [1.165, 1.54) is 22.3 Å². The van der Waals surface area contributed by atoms with Gasteiger partial charge in [0.15, 0.2) is 0 Å². The summed E-state index contributed by atoms with van der Waals surface area (Å²) in [5.74, 6) is 0.0649. The zero-order valence-electron chi connectivity index (χ0n) is 19.6. The maximum Gasteiger partial charge on any atom is 0.417 e. The predicted molar refractivity (Wildman–Crippen MR) is 124 cm³/mol. The van der Waals surface area contributed by atoms with Crippen molar-refractivity contribution in [1.82, 2.24) is 15.2 Å². The van der Waals surface area contributed by atoms with E-state index in [-0.39, 0.29) is 18.5 Å². The molecule has 2 atom stereocenters. The van der Waals surface area contributed by atoms with Gasteiger partial charge in [-0.15, -0.1) is 0 Å². The number of hydrogen-bond donors (Lipinski definition) is 1. The topological polar surface area (TPSA) is 45.2 Å². The number of aryl methyl sites for hydroxylation is 2. The second-order valence-corrected chi connectivity index (χ2v) is 10.1. The first kappa shape index (κ1) is 23.1. The maximum atomic E-state index is 13.8. The van der Waals surface area contributed by atoms with Gasteiger partial charge >= 0.3 is 6.18 Å². The number of nitrogens with one attached hydrogen (secondary N) is 1. The van der Waals surface area contributed by atoms with Crippen molar-refractivity contribution in [2.24, 2.45) is 5.41 Å². The Hall–Kier alpha value is -2.67. The summed E-state index contributed by atoms with van der Waals surface area (Å²) in [5.41, 5.74) is 4.86. The Kier molecular flexibility index (Phi) is 5.79. The van der Waals surface area contributed by atoms with E-state index >= 15 is 0 Å². The van der Waals surface area contributed by atoms with E-state index in [4.69, 9.17) is 0 Å². The van der Waals surface area contributed by atoms with Gasteiger partial charge < -0.3 is 10.2 Å². The summed E-state index contributed by atoms with van der Waals surface area (Å²) in [6.07, 6.45) is 2.42. The van der Waals surface area contributed by atoms with Gasteiger partial charge in [0.1, 0.15) is 0 Å². The van der Waals surface area contributed by atoms with Crippen LogP contribution in [-0.4, -0.2) is 28.4 Å². The monoisotopic (exact) mass is 469 g/mol. The molecule has 0 bridgehead atoms. The molecule has 1 fully saturated rings. The number of pyridine rings is 1. The maximum absolute atomic E-state index is 13.8. The second-order valence-electron chi connectivity index (χ2n) is 10.1. The Morgan fingerprint density at radius 1 is 1.26 bits per heavy atom. The van der Waals surface area contributed by atoms with Gasteiger partial charge in [0.05, 0.1) is 11.0 Å². The fraction of sp³-hybridized carbons (Fsp3) is 0.481. The van der Waals surface area contributed by atoms with E-state index < -0.39 is 17.2 Å². The van der Waals surface area contributed by atoms with E-state index in [2.05, 4.69) is 48.4 Å². The minimum absolute atomic E-state index is 0.0649. The average Bonchev–Trinajstić information content (AvgIpc) is 3.35. The first-order valence-electron chi connectivity index (χ1n) is 12.0. The smallest absolute Gasteiger partial charge is 0.337 e. The number of carbonyl (C=O) groups excluding carboxylic acids is 1. The SMILES string of the molecule is Cc1ccc(CNC2CC3=CCCC3(C(=O)N3CCc4ncc(C(F)(F)F)cc4C3)C2)c(C)c1. The predicted octanol–water partition coefficient (Wildman–Crippen LogP) is 5.26. The van der Waals surface area contributed by atoms with Crippen molar-refractivity contribution in [2.45, 2.75) is 71.3 Å². The fourth-order valence-corrected chi connectivity index (χ4v) is 5.95. The van der Waals surface area contributed by atoms with Crippen LogP contribution < -0.4 is 5.32 Å². The number of hydrogen-bond acceptors (Lipinski definition) is 3. The van der Waals surface area contributed by atoms with Crippen molar-refractivity contribution < 1.29 is 18.0 Å². The molecule has 34 heavy (non-hydrogen) atoms. The quantitative estimate of drug-likeness (QED) is 0.622.